The standard InChI is InChI=1S/C13H12N2O6/c1-20-8-4-6(14)9-5(12(16)17)3-7(13(18)19)15-10(9)11(8)21-2/h3-4H,14H2,1-2H3,(H,16,17)(H,18,19). The molecule has 4 N–H and O–H groups in total. The molecule has 0 spiro atoms. The number of methoxy groups -OCH3 is 2. The van der Waals surface area contributed by atoms with Crippen LogP contribution in [0.2, 0.25) is 0 Å². The molecule has 1 aromatic heterocycles. The fourth-order valence-electron chi connectivity index (χ4n) is 2.02. The van der Waals surface area contributed by atoms with Crippen molar-refractivity contribution in [3.63, 3.8) is 0 Å². The van der Waals surface area contributed by atoms with Gasteiger partial charge in [0.25, 0.3) is 0 Å². The van der Waals surface area contributed by atoms with Crippen LogP contribution >= 0.6 is 0 Å². The lowest BCUT2D eigenvalue weighted by Gasteiger charge is -2.14. The summed E-state index contributed by atoms with van der Waals surface area (Å²) in [4.78, 5) is 26.4. The number of nitrogens with zero attached hydrogens (tertiary/aromatic N) is 1. The first-order valence-electron chi connectivity index (χ1n) is 5.72. The summed E-state index contributed by atoms with van der Waals surface area (Å²) in [6, 6.07) is 2.35. The molecule has 110 valence electrons. The highest BCUT2D eigenvalue weighted by molar-refractivity contribution is 6.11. The summed E-state index contributed by atoms with van der Waals surface area (Å²) < 4.78 is 10.2. The normalized spacial score (nSPS) is 10.4. The number of benzene rings is 1. The lowest BCUT2D eigenvalue weighted by atomic mass is 10.0. The molecule has 21 heavy (non-hydrogen) atoms. The van der Waals surface area contributed by atoms with Crippen molar-refractivity contribution < 1.29 is 29.3 Å². The number of rotatable bonds is 4. The molecule has 0 aliphatic carbocycles. The number of fused-ring (bicyclic) bond motifs is 1. The number of aromatic nitrogens is 1. The van der Waals surface area contributed by atoms with Gasteiger partial charge >= 0.3 is 11.9 Å². The van der Waals surface area contributed by atoms with E-state index < -0.39 is 17.6 Å². The van der Waals surface area contributed by atoms with Gasteiger partial charge in [-0.15, -0.1) is 0 Å². The molecule has 0 radical (unpaired) electrons. The van der Waals surface area contributed by atoms with Gasteiger partial charge in [-0.1, -0.05) is 0 Å². The zero-order valence-corrected chi connectivity index (χ0v) is 11.2. The Balaban J connectivity index is 3.03. The van der Waals surface area contributed by atoms with Gasteiger partial charge in [0.05, 0.1) is 19.8 Å². The number of hydrogen-bond acceptors (Lipinski definition) is 6. The van der Waals surface area contributed by atoms with Gasteiger partial charge in [0, 0.05) is 17.1 Å². The molecule has 0 amide bonds. The highest BCUT2D eigenvalue weighted by Crippen LogP contribution is 2.39. The van der Waals surface area contributed by atoms with Crippen LogP contribution in [0.15, 0.2) is 12.1 Å². The Hall–Kier alpha value is -3.03. The summed E-state index contributed by atoms with van der Waals surface area (Å²) in [6.45, 7) is 0. The SMILES string of the molecule is COc1cc(N)c2c(C(=O)O)cc(C(=O)O)nc2c1OC. The largest absolute Gasteiger partial charge is 0.493 e. The Morgan fingerprint density at radius 2 is 1.81 bits per heavy atom. The Labute approximate surface area is 118 Å². The molecule has 0 atom stereocenters. The van der Waals surface area contributed by atoms with E-state index >= 15 is 0 Å². The summed E-state index contributed by atoms with van der Waals surface area (Å²) in [6.07, 6.45) is 0. The summed E-state index contributed by atoms with van der Waals surface area (Å²) in [5.41, 5.74) is 5.26. The number of carboxylic acids is 2. The van der Waals surface area contributed by atoms with Crippen molar-refractivity contribution in [1.82, 2.24) is 4.98 Å². The Morgan fingerprint density at radius 1 is 1.14 bits per heavy atom. The molecule has 0 bridgehead atoms. The van der Waals surface area contributed by atoms with E-state index in [2.05, 4.69) is 4.98 Å². The van der Waals surface area contributed by atoms with Gasteiger partial charge < -0.3 is 25.4 Å². The molecular formula is C13H12N2O6. The maximum Gasteiger partial charge on any atom is 0.354 e. The molecular weight excluding hydrogens is 280 g/mol. The van der Waals surface area contributed by atoms with Crippen molar-refractivity contribution in [2.24, 2.45) is 0 Å². The molecule has 0 aliphatic rings. The van der Waals surface area contributed by atoms with Crippen LogP contribution in [0.5, 0.6) is 11.5 Å². The van der Waals surface area contributed by atoms with E-state index in [1.165, 1.54) is 20.3 Å². The van der Waals surface area contributed by atoms with Crippen LogP contribution in [0.3, 0.4) is 0 Å². The van der Waals surface area contributed by atoms with E-state index in [1.54, 1.807) is 0 Å². The second kappa shape index (κ2) is 5.16. The lowest BCUT2D eigenvalue weighted by molar-refractivity contribution is 0.0691. The Morgan fingerprint density at radius 3 is 2.29 bits per heavy atom. The number of pyridine rings is 1. The molecule has 2 rings (SSSR count). The van der Waals surface area contributed by atoms with Crippen LogP contribution in [0.1, 0.15) is 20.8 Å². The molecule has 2 aromatic rings. The number of nitrogens with two attached hydrogens (primary N) is 1. The number of carbonyl (C=O) groups is 2. The fraction of sp³-hybridized carbons (Fsp3) is 0.154. The monoisotopic (exact) mass is 292 g/mol. The van der Waals surface area contributed by atoms with E-state index in [9.17, 15) is 14.7 Å². The average molecular weight is 292 g/mol. The number of hydrogen-bond donors (Lipinski definition) is 3. The van der Waals surface area contributed by atoms with E-state index in [4.69, 9.17) is 20.3 Å². The summed E-state index contributed by atoms with van der Waals surface area (Å²) in [5.74, 6) is -2.33. The minimum Gasteiger partial charge on any atom is -0.493 e. The summed E-state index contributed by atoms with van der Waals surface area (Å²) >= 11 is 0. The van der Waals surface area contributed by atoms with E-state index in [1.807, 2.05) is 0 Å². The predicted octanol–water partition coefficient (Wildman–Crippen LogP) is 1.23. The second-order valence-corrected chi connectivity index (χ2v) is 4.09. The van der Waals surface area contributed by atoms with E-state index in [-0.39, 0.29) is 33.7 Å². The Bertz CT molecular complexity index is 756. The number of carboxylic acid groups (broad SMARTS) is 2. The van der Waals surface area contributed by atoms with Gasteiger partial charge in [-0.3, -0.25) is 0 Å². The topological polar surface area (TPSA) is 132 Å². The van der Waals surface area contributed by atoms with Crippen molar-refractivity contribution in [2.45, 2.75) is 0 Å². The number of ether oxygens (including phenoxy) is 2. The number of anilines is 1. The first-order valence-corrected chi connectivity index (χ1v) is 5.72. The van der Waals surface area contributed by atoms with Gasteiger partial charge in [-0.2, -0.15) is 0 Å². The zero-order valence-electron chi connectivity index (χ0n) is 11.2. The van der Waals surface area contributed by atoms with Crippen LogP contribution in [0.4, 0.5) is 5.69 Å². The third-order valence-electron chi connectivity index (χ3n) is 2.91. The molecule has 0 saturated carbocycles. The van der Waals surface area contributed by atoms with Gasteiger partial charge in [-0.25, -0.2) is 14.6 Å². The highest BCUT2D eigenvalue weighted by Gasteiger charge is 2.22. The van der Waals surface area contributed by atoms with E-state index in [0.717, 1.165) is 6.07 Å². The maximum atomic E-state index is 11.3. The highest BCUT2D eigenvalue weighted by atomic mass is 16.5. The smallest absolute Gasteiger partial charge is 0.354 e. The van der Waals surface area contributed by atoms with Crippen molar-refractivity contribution in [2.75, 3.05) is 20.0 Å². The molecule has 0 saturated heterocycles. The average Bonchev–Trinajstić information content (AvgIpc) is 2.45. The molecule has 8 nitrogen and oxygen atoms in total. The quantitative estimate of drug-likeness (QED) is 0.717. The minimum absolute atomic E-state index is 0.0200. The predicted molar refractivity (Wildman–Crippen MR) is 73.2 cm³/mol. The first kappa shape index (κ1) is 14.4. The third kappa shape index (κ3) is 2.27. The van der Waals surface area contributed by atoms with E-state index in [0.29, 0.717) is 0 Å². The first-order chi connectivity index (χ1) is 9.90. The zero-order chi connectivity index (χ0) is 15.7. The third-order valence-corrected chi connectivity index (χ3v) is 2.91. The van der Waals surface area contributed by atoms with Crippen LogP contribution in [0, 0.1) is 0 Å². The van der Waals surface area contributed by atoms with Gasteiger partial charge in [-0.05, 0) is 6.07 Å². The van der Waals surface area contributed by atoms with Crippen LogP contribution in [-0.2, 0) is 0 Å². The Kier molecular flexibility index (Phi) is 3.53. The van der Waals surface area contributed by atoms with Crippen LogP contribution in [0.25, 0.3) is 10.9 Å². The van der Waals surface area contributed by atoms with Crippen molar-refractivity contribution in [3.05, 3.63) is 23.4 Å². The molecule has 0 aliphatic heterocycles. The van der Waals surface area contributed by atoms with Crippen LogP contribution < -0.4 is 15.2 Å². The summed E-state index contributed by atoms with van der Waals surface area (Å²) in [7, 11) is 2.71. The molecule has 1 heterocycles. The lowest BCUT2D eigenvalue weighted by Crippen LogP contribution is -2.09. The van der Waals surface area contributed by atoms with Crippen molar-refractivity contribution in [3.8, 4) is 11.5 Å². The minimum atomic E-state index is -1.36. The van der Waals surface area contributed by atoms with Crippen molar-refractivity contribution >= 4 is 28.5 Å². The van der Waals surface area contributed by atoms with Gasteiger partial charge in [0.1, 0.15) is 11.2 Å². The van der Waals surface area contributed by atoms with Crippen LogP contribution in [-0.4, -0.2) is 41.4 Å². The van der Waals surface area contributed by atoms with Crippen molar-refractivity contribution in [1.29, 1.82) is 0 Å². The molecule has 8 heteroatoms. The molecule has 0 fully saturated rings. The maximum absolute atomic E-state index is 11.3. The number of nitrogen functional groups attached to an aromatic ring is 1. The summed E-state index contributed by atoms with van der Waals surface area (Å²) in [5, 5.41) is 18.4. The van der Waals surface area contributed by atoms with Gasteiger partial charge in [0.2, 0.25) is 0 Å². The second-order valence-electron chi connectivity index (χ2n) is 4.09. The van der Waals surface area contributed by atoms with Gasteiger partial charge in [0.15, 0.2) is 11.5 Å². The number of aromatic carboxylic acids is 2. The molecule has 1 aromatic carbocycles. The fourth-order valence-corrected chi connectivity index (χ4v) is 2.02. The molecule has 0 unspecified atom stereocenters.